The van der Waals surface area contributed by atoms with Crippen molar-refractivity contribution in [2.45, 2.75) is 19.3 Å². The van der Waals surface area contributed by atoms with Crippen molar-refractivity contribution in [1.29, 1.82) is 0 Å². The molecule has 0 aliphatic heterocycles. The third kappa shape index (κ3) is 4.76. The van der Waals surface area contributed by atoms with E-state index in [-0.39, 0.29) is 0 Å². The summed E-state index contributed by atoms with van der Waals surface area (Å²) in [7, 11) is 0. The molecule has 7 aromatic carbocycles. The lowest BCUT2D eigenvalue weighted by atomic mass is 9.81. The first kappa shape index (κ1) is 30.1. The van der Waals surface area contributed by atoms with Crippen molar-refractivity contribution in [2.75, 3.05) is 0 Å². The van der Waals surface area contributed by atoms with Gasteiger partial charge in [0.2, 0.25) is 0 Å². The zero-order valence-corrected chi connectivity index (χ0v) is 29.3. The van der Waals surface area contributed by atoms with E-state index in [0.717, 1.165) is 36.3 Å². The molecule has 2 nitrogen and oxygen atoms in total. The number of allylic oxidation sites excluding steroid dienone is 1. The summed E-state index contributed by atoms with van der Waals surface area (Å²) in [4.78, 5) is 5.17. The summed E-state index contributed by atoms with van der Waals surface area (Å²) in [6.45, 7) is 0. The van der Waals surface area contributed by atoms with Crippen LogP contribution in [0.5, 0.6) is 0 Å². The van der Waals surface area contributed by atoms with Crippen LogP contribution in [0.25, 0.3) is 90.8 Å². The highest BCUT2D eigenvalue weighted by Crippen LogP contribution is 2.43. The van der Waals surface area contributed by atoms with Crippen molar-refractivity contribution < 1.29 is 0 Å². The van der Waals surface area contributed by atoms with E-state index in [1.807, 2.05) is 0 Å². The monoisotopic (exact) mass is 676 g/mol. The predicted octanol–water partition coefficient (Wildman–Crippen LogP) is 9.37. The number of nitrogens with zero attached hydrogens (tertiary/aromatic N) is 2. The number of aryl methyl sites for hydroxylation is 1. The SMILES string of the molecule is C1=Cc2c(nc(-c3ccccc3)n2-c2ccc(-c3c4ccccc4c(-c4cccc5c4=CCC4C=c6ccccc6=CC=54)c4ccccc34)cc2)CC1. The van der Waals surface area contributed by atoms with Crippen LogP contribution in [0.1, 0.15) is 24.2 Å². The Balaban J connectivity index is 1.11. The molecule has 0 N–H and O–H groups in total. The predicted molar refractivity (Wildman–Crippen MR) is 222 cm³/mol. The molecule has 1 aromatic heterocycles. The van der Waals surface area contributed by atoms with Gasteiger partial charge in [-0.05, 0) is 114 Å². The second-order valence-corrected chi connectivity index (χ2v) is 14.5. The van der Waals surface area contributed by atoms with Gasteiger partial charge in [0.1, 0.15) is 5.82 Å². The first-order valence-corrected chi connectivity index (χ1v) is 18.8. The fourth-order valence-electron chi connectivity index (χ4n) is 9.14. The van der Waals surface area contributed by atoms with Gasteiger partial charge in [-0.1, -0.05) is 152 Å². The van der Waals surface area contributed by atoms with E-state index in [1.165, 1.54) is 81.6 Å². The van der Waals surface area contributed by atoms with Gasteiger partial charge in [-0.25, -0.2) is 4.98 Å². The van der Waals surface area contributed by atoms with E-state index in [1.54, 1.807) is 0 Å². The molecule has 0 bridgehead atoms. The molecule has 1 atom stereocenters. The van der Waals surface area contributed by atoms with Crippen LogP contribution in [0.4, 0.5) is 0 Å². The highest BCUT2D eigenvalue weighted by molar-refractivity contribution is 6.21. The van der Waals surface area contributed by atoms with Gasteiger partial charge in [0.05, 0.1) is 11.4 Å². The fraction of sp³-hybridized carbons (Fsp3) is 0.0784. The Morgan fingerprint density at radius 2 is 1.26 bits per heavy atom. The molecule has 0 fully saturated rings. The van der Waals surface area contributed by atoms with Crippen LogP contribution < -0.4 is 20.9 Å². The summed E-state index contributed by atoms with van der Waals surface area (Å²) in [5, 5.41) is 10.5. The number of fused-ring (bicyclic) bond motifs is 6. The highest BCUT2D eigenvalue weighted by atomic mass is 15.1. The van der Waals surface area contributed by atoms with Crippen LogP contribution in [0.2, 0.25) is 0 Å². The lowest BCUT2D eigenvalue weighted by Gasteiger charge is -2.23. The van der Waals surface area contributed by atoms with Crippen LogP contribution in [0.15, 0.2) is 152 Å². The Labute approximate surface area is 308 Å². The molecule has 0 saturated heterocycles. The largest absolute Gasteiger partial charge is 0.293 e. The minimum Gasteiger partial charge on any atom is -0.293 e. The van der Waals surface area contributed by atoms with Gasteiger partial charge < -0.3 is 0 Å². The molecule has 1 heterocycles. The van der Waals surface area contributed by atoms with Crippen LogP contribution in [-0.4, -0.2) is 9.55 Å². The molecule has 0 spiro atoms. The van der Waals surface area contributed by atoms with Crippen molar-refractivity contribution >= 4 is 51.4 Å². The number of hydrogen-bond donors (Lipinski definition) is 0. The first-order valence-electron chi connectivity index (χ1n) is 18.8. The number of rotatable bonds is 4. The zero-order valence-electron chi connectivity index (χ0n) is 29.3. The number of benzene rings is 7. The van der Waals surface area contributed by atoms with E-state index >= 15 is 0 Å². The van der Waals surface area contributed by atoms with Crippen LogP contribution in [-0.2, 0) is 6.42 Å². The molecule has 3 aliphatic rings. The van der Waals surface area contributed by atoms with E-state index in [9.17, 15) is 0 Å². The summed E-state index contributed by atoms with van der Waals surface area (Å²) < 4.78 is 2.33. The van der Waals surface area contributed by atoms with Crippen LogP contribution in [0, 0.1) is 5.92 Å². The van der Waals surface area contributed by atoms with E-state index in [0.29, 0.717) is 5.92 Å². The Hall–Kier alpha value is -6.51. The lowest BCUT2D eigenvalue weighted by Crippen LogP contribution is -2.38. The summed E-state index contributed by atoms with van der Waals surface area (Å²) in [6, 6.07) is 53.4. The van der Waals surface area contributed by atoms with Crippen molar-refractivity contribution in [3.05, 3.63) is 184 Å². The van der Waals surface area contributed by atoms with Gasteiger partial charge in [-0.15, -0.1) is 0 Å². The van der Waals surface area contributed by atoms with E-state index in [2.05, 4.69) is 181 Å². The molecule has 1 unspecified atom stereocenters. The third-order valence-corrected chi connectivity index (χ3v) is 11.5. The maximum atomic E-state index is 5.17. The Morgan fingerprint density at radius 3 is 2.02 bits per heavy atom. The Kier molecular flexibility index (Phi) is 6.85. The topological polar surface area (TPSA) is 17.8 Å². The van der Waals surface area contributed by atoms with Gasteiger partial charge in [0.25, 0.3) is 0 Å². The maximum Gasteiger partial charge on any atom is 0.145 e. The second-order valence-electron chi connectivity index (χ2n) is 14.5. The molecular weight excluding hydrogens is 641 g/mol. The van der Waals surface area contributed by atoms with Gasteiger partial charge in [-0.2, -0.15) is 0 Å². The van der Waals surface area contributed by atoms with Crippen molar-refractivity contribution in [3.8, 4) is 39.3 Å². The van der Waals surface area contributed by atoms with Crippen LogP contribution >= 0.6 is 0 Å². The number of hydrogen-bond acceptors (Lipinski definition) is 1. The minimum atomic E-state index is 0.402. The fourth-order valence-corrected chi connectivity index (χ4v) is 9.14. The molecule has 0 radical (unpaired) electrons. The maximum absolute atomic E-state index is 5.17. The molecule has 3 aliphatic carbocycles. The van der Waals surface area contributed by atoms with Crippen LogP contribution in [0.3, 0.4) is 0 Å². The van der Waals surface area contributed by atoms with Gasteiger partial charge >= 0.3 is 0 Å². The van der Waals surface area contributed by atoms with E-state index in [4.69, 9.17) is 4.98 Å². The second kappa shape index (κ2) is 12.0. The van der Waals surface area contributed by atoms with Gasteiger partial charge in [0.15, 0.2) is 0 Å². The molecule has 2 heteroatoms. The van der Waals surface area contributed by atoms with Crippen molar-refractivity contribution in [2.24, 2.45) is 5.92 Å². The summed E-state index contributed by atoms with van der Waals surface area (Å²) in [5.41, 5.74) is 11.1. The average molecular weight is 677 g/mol. The molecular formula is C51H36N2. The summed E-state index contributed by atoms with van der Waals surface area (Å²) >= 11 is 0. The summed E-state index contributed by atoms with van der Waals surface area (Å²) in [6.07, 6.45) is 14.9. The van der Waals surface area contributed by atoms with Crippen molar-refractivity contribution in [1.82, 2.24) is 9.55 Å². The van der Waals surface area contributed by atoms with E-state index < -0.39 is 0 Å². The zero-order chi connectivity index (χ0) is 34.9. The molecule has 8 aromatic rings. The Bertz CT molecular complexity index is 3010. The molecule has 250 valence electrons. The molecule has 0 amide bonds. The molecule has 0 saturated carbocycles. The molecule has 11 rings (SSSR count). The third-order valence-electron chi connectivity index (χ3n) is 11.5. The lowest BCUT2D eigenvalue weighted by molar-refractivity contribution is 0.914. The normalized spacial score (nSPS) is 15.5. The summed E-state index contributed by atoms with van der Waals surface area (Å²) in [5.74, 6) is 1.40. The first-order chi connectivity index (χ1) is 26.3. The highest BCUT2D eigenvalue weighted by Gasteiger charge is 2.23. The van der Waals surface area contributed by atoms with Crippen molar-refractivity contribution in [3.63, 3.8) is 0 Å². The van der Waals surface area contributed by atoms with Gasteiger partial charge in [-0.3, -0.25) is 4.57 Å². The minimum absolute atomic E-state index is 0.402. The average Bonchev–Trinajstić information content (AvgIpc) is 3.62. The Morgan fingerprint density at radius 1 is 0.585 bits per heavy atom. The number of aromatic nitrogens is 2. The quantitative estimate of drug-likeness (QED) is 0.170. The smallest absolute Gasteiger partial charge is 0.145 e. The molecule has 53 heavy (non-hydrogen) atoms. The standard InChI is InChI=1S/C51H36N2/c1-2-13-34(14-3-1)51-52-47-23-10-11-24-48(47)53(51)38-28-25-33(26-29-38)49-42-17-6-8-19-44(42)50(45-20-9-7-18-43(45)49)41-22-12-21-39-40(41)30-27-37-31-35-15-4-5-16-36(35)32-46(37)39/h1-9,11-22,24-26,28-32,37H,10,23,27H2. The van der Waals surface area contributed by atoms with Gasteiger partial charge in [0, 0.05) is 17.2 Å². The number of imidazole rings is 1.